The van der Waals surface area contributed by atoms with E-state index in [1.54, 1.807) is 6.20 Å². The van der Waals surface area contributed by atoms with Gasteiger partial charge >= 0.3 is 5.97 Å². The first kappa shape index (κ1) is 17.3. The number of nitrogens with zero attached hydrogens (tertiary/aromatic N) is 3. The maximum atomic E-state index is 12.4. The zero-order chi connectivity index (χ0) is 18.1. The number of carboxylic acids is 1. The van der Waals surface area contributed by atoms with Gasteiger partial charge in [-0.1, -0.05) is 12.8 Å². The van der Waals surface area contributed by atoms with Crippen LogP contribution in [-0.4, -0.2) is 53.0 Å². The number of aliphatic carboxylic acids is 1. The van der Waals surface area contributed by atoms with Crippen molar-refractivity contribution in [3.63, 3.8) is 0 Å². The fourth-order valence-electron chi connectivity index (χ4n) is 4.43. The lowest BCUT2D eigenvalue weighted by Crippen LogP contribution is -2.48. The number of carboxylic acid groups (broad SMARTS) is 1. The molecule has 26 heavy (non-hydrogen) atoms. The molecule has 1 amide bonds. The third kappa shape index (κ3) is 3.41. The lowest BCUT2D eigenvalue weighted by molar-refractivity contribution is -0.150. The number of carbonyl (C=O) groups is 2. The second kappa shape index (κ2) is 6.89. The van der Waals surface area contributed by atoms with E-state index >= 15 is 0 Å². The Bertz CT molecular complexity index is 680. The molecule has 1 aromatic rings. The molecule has 1 N–H and O–H groups in total. The molecule has 140 valence electrons. The number of carbonyl (C=O) groups excluding carboxylic acids is 1. The number of pyridine rings is 1. The van der Waals surface area contributed by atoms with Gasteiger partial charge in [-0.2, -0.15) is 0 Å². The van der Waals surface area contributed by atoms with Gasteiger partial charge in [-0.3, -0.25) is 9.59 Å². The molecule has 0 spiro atoms. The molecular weight excluding hydrogens is 330 g/mol. The number of rotatable bonds is 5. The third-order valence-electron chi connectivity index (χ3n) is 6.12. The van der Waals surface area contributed by atoms with Crippen LogP contribution in [0.3, 0.4) is 0 Å². The minimum atomic E-state index is -0.671. The molecule has 4 rings (SSSR count). The topological polar surface area (TPSA) is 73.7 Å². The van der Waals surface area contributed by atoms with Crippen LogP contribution in [0.15, 0.2) is 18.3 Å². The molecule has 2 saturated heterocycles. The van der Waals surface area contributed by atoms with E-state index in [1.807, 2.05) is 17.0 Å². The minimum absolute atomic E-state index is 0.0498. The number of piperidine rings is 1. The molecule has 1 aliphatic carbocycles. The van der Waals surface area contributed by atoms with E-state index in [2.05, 4.69) is 9.88 Å². The van der Waals surface area contributed by atoms with Crippen LogP contribution in [0.1, 0.15) is 55.3 Å². The van der Waals surface area contributed by atoms with E-state index in [0.29, 0.717) is 18.0 Å². The molecule has 0 aromatic carbocycles. The summed E-state index contributed by atoms with van der Waals surface area (Å²) in [6.07, 6.45) is 8.53. The summed E-state index contributed by atoms with van der Waals surface area (Å²) in [5.41, 5.74) is -0.0272. The predicted octanol–water partition coefficient (Wildman–Crippen LogP) is 2.79. The average Bonchev–Trinajstić information content (AvgIpc) is 3.29. The molecule has 0 radical (unpaired) electrons. The highest BCUT2D eigenvalue weighted by molar-refractivity contribution is 5.94. The number of amides is 1. The Kier molecular flexibility index (Phi) is 4.59. The summed E-state index contributed by atoms with van der Waals surface area (Å²) in [6.45, 7) is 3.00. The highest BCUT2D eigenvalue weighted by Crippen LogP contribution is 2.45. The van der Waals surface area contributed by atoms with Gasteiger partial charge in [0.2, 0.25) is 0 Å². The van der Waals surface area contributed by atoms with Gasteiger partial charge in [0, 0.05) is 32.4 Å². The van der Waals surface area contributed by atoms with Gasteiger partial charge in [-0.25, -0.2) is 4.98 Å². The van der Waals surface area contributed by atoms with Gasteiger partial charge in [-0.15, -0.1) is 0 Å². The van der Waals surface area contributed by atoms with Gasteiger partial charge in [0.25, 0.3) is 5.91 Å². The van der Waals surface area contributed by atoms with Crippen molar-refractivity contribution in [1.82, 2.24) is 9.88 Å². The lowest BCUT2D eigenvalue weighted by atomic mass is 9.75. The summed E-state index contributed by atoms with van der Waals surface area (Å²) in [5, 5.41) is 9.87. The first-order valence-electron chi connectivity index (χ1n) is 9.81. The first-order valence-corrected chi connectivity index (χ1v) is 9.81. The Morgan fingerprint density at radius 1 is 1.15 bits per heavy atom. The second-order valence-electron chi connectivity index (χ2n) is 8.16. The van der Waals surface area contributed by atoms with Crippen LogP contribution < -0.4 is 4.90 Å². The van der Waals surface area contributed by atoms with E-state index < -0.39 is 11.4 Å². The predicted molar refractivity (Wildman–Crippen MR) is 98.2 cm³/mol. The maximum Gasteiger partial charge on any atom is 0.311 e. The summed E-state index contributed by atoms with van der Waals surface area (Å²) < 4.78 is 0. The standard InChI is InChI=1S/C20H27N3O3/c24-18(22-9-1-2-10-22)16-6-7-17(21-13-16)23-11-3-8-20(14-23,19(25)26)12-15-4-5-15/h6-7,13,15H,1-5,8-12,14H2,(H,25,26). The third-order valence-corrected chi connectivity index (χ3v) is 6.12. The van der Waals surface area contributed by atoms with E-state index in [1.165, 1.54) is 12.8 Å². The Balaban J connectivity index is 1.47. The number of aromatic nitrogens is 1. The van der Waals surface area contributed by atoms with Gasteiger partial charge in [-0.05, 0) is 50.2 Å². The van der Waals surface area contributed by atoms with Crippen molar-refractivity contribution >= 4 is 17.7 Å². The van der Waals surface area contributed by atoms with Crippen LogP contribution >= 0.6 is 0 Å². The Labute approximate surface area is 154 Å². The van der Waals surface area contributed by atoms with E-state index in [-0.39, 0.29) is 5.91 Å². The zero-order valence-electron chi connectivity index (χ0n) is 15.2. The number of likely N-dealkylation sites (tertiary alicyclic amines) is 1. The SMILES string of the molecule is O=C(c1ccc(N2CCCC(CC3CC3)(C(=O)O)C2)nc1)N1CCCC1. The van der Waals surface area contributed by atoms with Crippen molar-refractivity contribution < 1.29 is 14.7 Å². The molecule has 1 aromatic heterocycles. The van der Waals surface area contributed by atoms with Crippen LogP contribution in [0.5, 0.6) is 0 Å². The van der Waals surface area contributed by atoms with Crippen LogP contribution in [0.4, 0.5) is 5.82 Å². The van der Waals surface area contributed by atoms with Crippen molar-refractivity contribution in [2.45, 2.75) is 44.9 Å². The fourth-order valence-corrected chi connectivity index (χ4v) is 4.43. The van der Waals surface area contributed by atoms with Gasteiger partial charge in [0.1, 0.15) is 5.82 Å². The molecule has 2 aliphatic heterocycles. The van der Waals surface area contributed by atoms with Crippen molar-refractivity contribution in [3.8, 4) is 0 Å². The highest BCUT2D eigenvalue weighted by Gasteiger charge is 2.46. The van der Waals surface area contributed by atoms with Crippen molar-refractivity contribution in [2.75, 3.05) is 31.1 Å². The smallest absolute Gasteiger partial charge is 0.311 e. The largest absolute Gasteiger partial charge is 0.481 e. The fraction of sp³-hybridized carbons (Fsp3) is 0.650. The first-order chi connectivity index (χ1) is 12.6. The van der Waals surface area contributed by atoms with Crippen molar-refractivity contribution in [3.05, 3.63) is 23.9 Å². The summed E-state index contributed by atoms with van der Waals surface area (Å²) in [4.78, 5) is 32.9. The Morgan fingerprint density at radius 3 is 2.54 bits per heavy atom. The maximum absolute atomic E-state index is 12.4. The van der Waals surface area contributed by atoms with Crippen LogP contribution in [0, 0.1) is 11.3 Å². The summed E-state index contributed by atoms with van der Waals surface area (Å²) in [7, 11) is 0. The van der Waals surface area contributed by atoms with E-state index in [0.717, 1.165) is 57.6 Å². The van der Waals surface area contributed by atoms with Gasteiger partial charge < -0.3 is 14.9 Å². The number of hydrogen-bond acceptors (Lipinski definition) is 4. The molecule has 1 unspecified atom stereocenters. The van der Waals surface area contributed by atoms with Crippen molar-refractivity contribution in [1.29, 1.82) is 0 Å². The summed E-state index contributed by atoms with van der Waals surface area (Å²) >= 11 is 0. The molecule has 3 aliphatic rings. The zero-order valence-corrected chi connectivity index (χ0v) is 15.2. The van der Waals surface area contributed by atoms with Gasteiger partial charge in [0.15, 0.2) is 0 Å². The Hall–Kier alpha value is -2.11. The number of hydrogen-bond donors (Lipinski definition) is 1. The van der Waals surface area contributed by atoms with Crippen LogP contribution in [0.2, 0.25) is 0 Å². The Morgan fingerprint density at radius 2 is 1.92 bits per heavy atom. The molecule has 6 nitrogen and oxygen atoms in total. The molecule has 3 heterocycles. The minimum Gasteiger partial charge on any atom is -0.481 e. The van der Waals surface area contributed by atoms with Crippen LogP contribution in [0.25, 0.3) is 0 Å². The van der Waals surface area contributed by atoms with Crippen LogP contribution in [-0.2, 0) is 4.79 Å². The van der Waals surface area contributed by atoms with Gasteiger partial charge in [0.05, 0.1) is 11.0 Å². The van der Waals surface area contributed by atoms with E-state index in [4.69, 9.17) is 0 Å². The molecule has 6 heteroatoms. The second-order valence-corrected chi connectivity index (χ2v) is 8.16. The molecule has 3 fully saturated rings. The lowest BCUT2D eigenvalue weighted by Gasteiger charge is -2.40. The summed E-state index contributed by atoms with van der Waals surface area (Å²) in [5.74, 6) is 0.743. The number of anilines is 1. The molecule has 1 atom stereocenters. The van der Waals surface area contributed by atoms with Crippen molar-refractivity contribution in [2.24, 2.45) is 11.3 Å². The molecule has 1 saturated carbocycles. The molecule has 0 bridgehead atoms. The highest BCUT2D eigenvalue weighted by atomic mass is 16.4. The average molecular weight is 357 g/mol. The molecular formula is C20H27N3O3. The summed E-state index contributed by atoms with van der Waals surface area (Å²) in [6, 6.07) is 3.71. The van der Waals surface area contributed by atoms with E-state index in [9.17, 15) is 14.7 Å². The quantitative estimate of drug-likeness (QED) is 0.877. The normalized spacial score (nSPS) is 26.2. The monoisotopic (exact) mass is 357 g/mol.